The molecule has 0 aromatic heterocycles. The molecule has 0 aromatic rings. The lowest BCUT2D eigenvalue weighted by Crippen LogP contribution is -2.48. The zero-order valence-corrected chi connectivity index (χ0v) is 13.3. The number of carbonyl (C=O) groups is 1. The second-order valence-electron chi connectivity index (χ2n) is 4.91. The fourth-order valence-electron chi connectivity index (χ4n) is 1.50. The van der Waals surface area contributed by atoms with Crippen molar-refractivity contribution in [3.63, 3.8) is 0 Å². The van der Waals surface area contributed by atoms with Crippen molar-refractivity contribution >= 4 is 14.7 Å². The minimum Gasteiger partial charge on any atom is -0.377 e. The zero-order chi connectivity index (χ0) is 14.4. The molecule has 18 heavy (non-hydrogen) atoms. The van der Waals surface area contributed by atoms with Gasteiger partial charge in [-0.3, -0.25) is 4.79 Å². The van der Waals surface area contributed by atoms with Gasteiger partial charge in [0.05, 0.1) is 0 Å². The van der Waals surface area contributed by atoms with Crippen molar-refractivity contribution in [3.8, 4) is 0 Å². The summed E-state index contributed by atoms with van der Waals surface area (Å²) >= 11 is 0. The van der Waals surface area contributed by atoms with Gasteiger partial charge in [0, 0.05) is 38.5 Å². The molecule has 0 aliphatic carbocycles. The quantitative estimate of drug-likeness (QED) is 0.541. The van der Waals surface area contributed by atoms with Crippen LogP contribution in [-0.4, -0.2) is 41.6 Å². The lowest BCUT2D eigenvalue weighted by molar-refractivity contribution is -0.119. The minimum atomic E-state index is -2.58. The lowest BCUT2D eigenvalue weighted by Gasteiger charge is -2.31. The Morgan fingerprint density at radius 2 is 1.67 bits per heavy atom. The van der Waals surface area contributed by atoms with E-state index in [4.69, 9.17) is 13.3 Å². The molecule has 5 nitrogen and oxygen atoms in total. The van der Waals surface area contributed by atoms with Crippen LogP contribution in [0.15, 0.2) is 12.2 Å². The van der Waals surface area contributed by atoms with Crippen molar-refractivity contribution in [2.75, 3.05) is 21.3 Å². The van der Waals surface area contributed by atoms with Crippen LogP contribution in [-0.2, 0) is 18.1 Å². The third-order valence-corrected chi connectivity index (χ3v) is 5.56. The summed E-state index contributed by atoms with van der Waals surface area (Å²) in [6.45, 7) is 9.21. The highest BCUT2D eigenvalue weighted by Crippen LogP contribution is 2.21. The van der Waals surface area contributed by atoms with Crippen LogP contribution in [0.3, 0.4) is 0 Å². The summed E-state index contributed by atoms with van der Waals surface area (Å²) in [7, 11) is 2.17. The van der Waals surface area contributed by atoms with E-state index in [2.05, 4.69) is 11.9 Å². The van der Waals surface area contributed by atoms with Crippen molar-refractivity contribution in [1.82, 2.24) is 5.32 Å². The largest absolute Gasteiger partial charge is 0.500 e. The minimum absolute atomic E-state index is 0.139. The van der Waals surface area contributed by atoms with E-state index >= 15 is 0 Å². The van der Waals surface area contributed by atoms with Gasteiger partial charge in [-0.1, -0.05) is 6.58 Å². The van der Waals surface area contributed by atoms with Gasteiger partial charge in [0.2, 0.25) is 5.91 Å². The van der Waals surface area contributed by atoms with Gasteiger partial charge in [0.25, 0.3) is 0 Å². The number of amides is 1. The maximum absolute atomic E-state index is 11.6. The van der Waals surface area contributed by atoms with Crippen LogP contribution in [0.5, 0.6) is 0 Å². The van der Waals surface area contributed by atoms with Gasteiger partial charge in [-0.15, -0.1) is 0 Å². The fraction of sp³-hybridized carbons (Fsp3) is 0.750. The highest BCUT2D eigenvalue weighted by Gasteiger charge is 2.39. The van der Waals surface area contributed by atoms with Crippen molar-refractivity contribution in [2.24, 2.45) is 0 Å². The average Bonchev–Trinajstić information content (AvgIpc) is 2.31. The number of carbonyl (C=O) groups excluding carboxylic acids is 1. The molecule has 6 heteroatoms. The molecule has 0 aliphatic rings. The molecule has 0 radical (unpaired) electrons. The lowest BCUT2D eigenvalue weighted by atomic mass is 10.0. The normalized spacial score (nSPS) is 12.3. The van der Waals surface area contributed by atoms with Crippen LogP contribution in [0.2, 0.25) is 6.04 Å². The highest BCUT2D eigenvalue weighted by atomic mass is 28.4. The molecule has 0 saturated carbocycles. The first-order valence-corrected chi connectivity index (χ1v) is 7.78. The summed E-state index contributed by atoms with van der Waals surface area (Å²) in [5.41, 5.74) is 0.140. The number of nitrogens with one attached hydrogen (secondary N) is 1. The third-order valence-electron chi connectivity index (χ3n) is 2.83. The summed E-state index contributed by atoms with van der Waals surface area (Å²) in [6.07, 6.45) is 0.702. The number of hydrogen-bond donors (Lipinski definition) is 1. The van der Waals surface area contributed by atoms with Gasteiger partial charge in [-0.25, -0.2) is 0 Å². The molecule has 0 aromatic carbocycles. The van der Waals surface area contributed by atoms with Crippen molar-refractivity contribution in [3.05, 3.63) is 12.2 Å². The molecule has 1 N–H and O–H groups in total. The van der Waals surface area contributed by atoms with Crippen LogP contribution in [0.25, 0.3) is 0 Å². The first-order chi connectivity index (χ1) is 8.22. The maximum Gasteiger partial charge on any atom is 0.500 e. The van der Waals surface area contributed by atoms with Crippen LogP contribution in [0.1, 0.15) is 27.2 Å². The Hall–Kier alpha value is -0.693. The molecule has 0 fully saturated rings. The second-order valence-corrected chi connectivity index (χ2v) is 8.00. The molecule has 0 rings (SSSR count). The average molecular weight is 275 g/mol. The molecule has 106 valence electrons. The second kappa shape index (κ2) is 7.03. The van der Waals surface area contributed by atoms with E-state index in [9.17, 15) is 4.79 Å². The van der Waals surface area contributed by atoms with E-state index in [-0.39, 0.29) is 11.4 Å². The molecule has 0 unspecified atom stereocenters. The van der Waals surface area contributed by atoms with Gasteiger partial charge < -0.3 is 18.6 Å². The molecule has 0 bridgehead atoms. The van der Waals surface area contributed by atoms with E-state index in [1.54, 1.807) is 28.3 Å². The van der Waals surface area contributed by atoms with Crippen molar-refractivity contribution in [2.45, 2.75) is 38.8 Å². The maximum atomic E-state index is 11.6. The topological polar surface area (TPSA) is 56.8 Å². The third kappa shape index (κ3) is 5.30. The highest BCUT2D eigenvalue weighted by molar-refractivity contribution is 6.60. The molecule has 0 heterocycles. The SMILES string of the molecule is C=C(C)C(=O)NC(C)(C)CC[Si](OC)(OC)OC. The van der Waals surface area contributed by atoms with Crippen molar-refractivity contribution in [1.29, 1.82) is 0 Å². The summed E-state index contributed by atoms with van der Waals surface area (Å²) < 4.78 is 16.0. The van der Waals surface area contributed by atoms with E-state index in [0.717, 1.165) is 0 Å². The Morgan fingerprint density at radius 3 is 2.00 bits per heavy atom. The molecule has 0 saturated heterocycles. The molecule has 1 amide bonds. The summed E-state index contributed by atoms with van der Waals surface area (Å²) in [5.74, 6) is -0.139. The van der Waals surface area contributed by atoms with E-state index in [1.165, 1.54) is 0 Å². The van der Waals surface area contributed by atoms with E-state index < -0.39 is 8.80 Å². The summed E-state index contributed by atoms with van der Waals surface area (Å²) in [4.78, 5) is 11.6. The van der Waals surface area contributed by atoms with Crippen LogP contribution >= 0.6 is 0 Å². The van der Waals surface area contributed by atoms with Gasteiger partial charge in [-0.05, 0) is 27.2 Å². The molecular weight excluding hydrogens is 250 g/mol. The first-order valence-electron chi connectivity index (χ1n) is 5.85. The Balaban J connectivity index is 4.49. The molecule has 0 spiro atoms. The van der Waals surface area contributed by atoms with Crippen LogP contribution < -0.4 is 5.32 Å². The summed E-state index contributed by atoms with van der Waals surface area (Å²) in [6, 6.07) is 0.639. The van der Waals surface area contributed by atoms with Gasteiger partial charge in [0.15, 0.2) is 0 Å². The Bertz CT molecular complexity index is 292. The molecule has 0 aliphatic heterocycles. The molecular formula is C12H25NO4Si. The first kappa shape index (κ1) is 17.3. The predicted octanol–water partition coefficient (Wildman–Crippen LogP) is 1.73. The summed E-state index contributed by atoms with van der Waals surface area (Å²) in [5, 5.41) is 2.92. The Morgan fingerprint density at radius 1 is 1.22 bits per heavy atom. The monoisotopic (exact) mass is 275 g/mol. The predicted molar refractivity (Wildman–Crippen MR) is 73.2 cm³/mol. The fourth-order valence-corrected chi connectivity index (χ4v) is 3.54. The number of hydrogen-bond acceptors (Lipinski definition) is 4. The zero-order valence-electron chi connectivity index (χ0n) is 12.3. The van der Waals surface area contributed by atoms with E-state index in [1.807, 2.05) is 13.8 Å². The van der Waals surface area contributed by atoms with E-state index in [0.29, 0.717) is 18.0 Å². The van der Waals surface area contributed by atoms with Gasteiger partial charge in [-0.2, -0.15) is 0 Å². The van der Waals surface area contributed by atoms with Gasteiger partial charge in [0.1, 0.15) is 0 Å². The standard InChI is InChI=1S/C12H25NO4Si/c1-10(2)11(14)13-12(3,4)8-9-18(15-5,16-6)17-7/h1,8-9H2,2-7H3,(H,13,14). The molecule has 0 atom stereocenters. The van der Waals surface area contributed by atoms with Crippen molar-refractivity contribution < 1.29 is 18.1 Å². The number of rotatable bonds is 8. The Labute approximate surface area is 111 Å². The van der Waals surface area contributed by atoms with Crippen LogP contribution in [0.4, 0.5) is 0 Å². The Kier molecular flexibility index (Phi) is 6.76. The van der Waals surface area contributed by atoms with Gasteiger partial charge >= 0.3 is 8.80 Å². The van der Waals surface area contributed by atoms with Crippen LogP contribution in [0, 0.1) is 0 Å². The smallest absolute Gasteiger partial charge is 0.377 e.